The van der Waals surface area contributed by atoms with E-state index in [2.05, 4.69) is 0 Å². The highest BCUT2D eigenvalue weighted by molar-refractivity contribution is 8.01. The van der Waals surface area contributed by atoms with Crippen LogP contribution in [0.5, 0.6) is 0 Å². The number of thioether (sulfide) groups is 1. The first-order chi connectivity index (χ1) is 6.79. The average Bonchev–Trinajstić information content (AvgIpc) is 2.67. The maximum Gasteiger partial charge on any atom is 0.336 e. The largest absolute Gasteiger partial charge is 0.479 e. The van der Waals surface area contributed by atoms with Gasteiger partial charge in [0.1, 0.15) is 0 Å². The smallest absolute Gasteiger partial charge is 0.336 e. The molecule has 0 amide bonds. The zero-order valence-corrected chi connectivity index (χ0v) is 8.41. The number of hydrogen-bond donors (Lipinski definition) is 1. The predicted molar refractivity (Wildman–Crippen MR) is 57.7 cm³/mol. The zero-order valence-electron chi connectivity index (χ0n) is 7.59. The third kappa shape index (κ3) is 1.70. The van der Waals surface area contributed by atoms with Gasteiger partial charge in [-0.1, -0.05) is 18.2 Å². The van der Waals surface area contributed by atoms with E-state index in [1.165, 1.54) is 11.8 Å². The molecule has 1 heterocycles. The third-order valence-electron chi connectivity index (χ3n) is 2.19. The molecule has 1 aromatic carbocycles. The van der Waals surface area contributed by atoms with E-state index < -0.39 is 11.3 Å². The number of anilines is 1. The van der Waals surface area contributed by atoms with Crippen molar-refractivity contribution in [1.29, 1.82) is 0 Å². The molecule has 0 spiro atoms. The van der Waals surface area contributed by atoms with Gasteiger partial charge in [0, 0.05) is 18.0 Å². The van der Waals surface area contributed by atoms with Crippen LogP contribution in [-0.2, 0) is 4.79 Å². The van der Waals surface area contributed by atoms with E-state index in [9.17, 15) is 4.79 Å². The summed E-state index contributed by atoms with van der Waals surface area (Å²) in [4.78, 5) is 12.8. The molecule has 0 saturated carbocycles. The summed E-state index contributed by atoms with van der Waals surface area (Å²) in [6.45, 7) is 0.811. The average molecular weight is 209 g/mol. The van der Waals surface area contributed by atoms with Gasteiger partial charge in [-0.2, -0.15) is 0 Å². The highest BCUT2D eigenvalue weighted by Gasteiger charge is 2.31. The van der Waals surface area contributed by atoms with Crippen molar-refractivity contribution in [3.05, 3.63) is 30.3 Å². The molecule has 1 saturated heterocycles. The molecule has 0 aliphatic carbocycles. The number of carbonyl (C=O) groups is 1. The lowest BCUT2D eigenvalue weighted by atomic mass is 10.3. The molecule has 0 aromatic heterocycles. The number of rotatable bonds is 2. The fraction of sp³-hybridized carbons (Fsp3) is 0.300. The second-order valence-electron chi connectivity index (χ2n) is 3.09. The minimum absolute atomic E-state index is 0.419. The third-order valence-corrected chi connectivity index (χ3v) is 3.38. The summed E-state index contributed by atoms with van der Waals surface area (Å²) in [6.07, 6.45) is 0. The number of carboxylic acid groups (broad SMARTS) is 1. The number of benzene rings is 1. The fourth-order valence-electron chi connectivity index (χ4n) is 1.56. The minimum atomic E-state index is -0.753. The molecular weight excluding hydrogens is 198 g/mol. The van der Waals surface area contributed by atoms with Gasteiger partial charge >= 0.3 is 5.97 Å². The van der Waals surface area contributed by atoms with E-state index >= 15 is 0 Å². The Morgan fingerprint density at radius 2 is 2.14 bits per heavy atom. The molecule has 1 N–H and O–H groups in total. The van der Waals surface area contributed by atoms with Crippen molar-refractivity contribution in [2.24, 2.45) is 0 Å². The van der Waals surface area contributed by atoms with Crippen LogP contribution in [0.3, 0.4) is 0 Å². The van der Waals surface area contributed by atoms with Crippen molar-refractivity contribution in [2.45, 2.75) is 5.37 Å². The van der Waals surface area contributed by atoms with Crippen molar-refractivity contribution < 1.29 is 9.90 Å². The maximum absolute atomic E-state index is 10.9. The van der Waals surface area contributed by atoms with Crippen LogP contribution in [0, 0.1) is 0 Å². The Bertz CT molecular complexity index is 328. The molecule has 1 aliphatic rings. The highest BCUT2D eigenvalue weighted by Crippen LogP contribution is 2.29. The Balaban J connectivity index is 2.22. The van der Waals surface area contributed by atoms with Crippen LogP contribution >= 0.6 is 11.8 Å². The predicted octanol–water partition coefficient (Wildman–Crippen LogP) is 1.65. The van der Waals surface area contributed by atoms with Crippen LogP contribution in [0.15, 0.2) is 30.3 Å². The van der Waals surface area contributed by atoms with E-state index in [1.54, 1.807) is 0 Å². The molecule has 1 atom stereocenters. The van der Waals surface area contributed by atoms with Gasteiger partial charge in [-0.15, -0.1) is 11.8 Å². The molecule has 1 fully saturated rings. The molecule has 0 bridgehead atoms. The van der Waals surface area contributed by atoms with Crippen molar-refractivity contribution in [3.63, 3.8) is 0 Å². The number of nitrogens with zero attached hydrogens (tertiary/aromatic N) is 1. The zero-order chi connectivity index (χ0) is 9.97. The van der Waals surface area contributed by atoms with Gasteiger partial charge < -0.3 is 10.0 Å². The molecule has 3 nitrogen and oxygen atoms in total. The van der Waals surface area contributed by atoms with Crippen LogP contribution in [0.2, 0.25) is 0 Å². The number of hydrogen-bond acceptors (Lipinski definition) is 3. The summed E-state index contributed by atoms with van der Waals surface area (Å²) in [5, 5.41) is 8.56. The quantitative estimate of drug-likeness (QED) is 0.804. The molecule has 1 unspecified atom stereocenters. The summed E-state index contributed by atoms with van der Waals surface area (Å²) in [7, 11) is 0. The SMILES string of the molecule is O=C(O)C1SCCN1c1ccccc1. The summed E-state index contributed by atoms with van der Waals surface area (Å²) < 4.78 is 0. The number of aliphatic carboxylic acids is 1. The Hall–Kier alpha value is -1.16. The molecule has 74 valence electrons. The van der Waals surface area contributed by atoms with E-state index in [1.807, 2.05) is 35.2 Å². The van der Waals surface area contributed by atoms with Crippen molar-refractivity contribution in [3.8, 4) is 0 Å². The maximum atomic E-state index is 10.9. The fourth-order valence-corrected chi connectivity index (χ4v) is 2.63. The van der Waals surface area contributed by atoms with Gasteiger partial charge in [0.25, 0.3) is 0 Å². The molecule has 1 aromatic rings. The summed E-state index contributed by atoms with van der Waals surface area (Å²) >= 11 is 1.48. The topological polar surface area (TPSA) is 40.5 Å². The Kier molecular flexibility index (Phi) is 2.63. The molecular formula is C10H11NO2S. The molecule has 2 rings (SSSR count). The lowest BCUT2D eigenvalue weighted by Gasteiger charge is -2.22. The van der Waals surface area contributed by atoms with Gasteiger partial charge in [-0.25, -0.2) is 4.79 Å². The standard InChI is InChI=1S/C10H11NO2S/c12-10(13)9-11(6-7-14-9)8-4-2-1-3-5-8/h1-5,9H,6-7H2,(H,12,13). The summed E-state index contributed by atoms with van der Waals surface area (Å²) in [5.74, 6) is 0.127. The summed E-state index contributed by atoms with van der Waals surface area (Å²) in [5.41, 5.74) is 0.991. The van der Waals surface area contributed by atoms with Crippen LogP contribution in [0.1, 0.15) is 0 Å². The molecule has 4 heteroatoms. The molecule has 1 aliphatic heterocycles. The lowest BCUT2D eigenvalue weighted by molar-refractivity contribution is -0.136. The number of para-hydroxylation sites is 1. The number of carboxylic acids is 1. The Morgan fingerprint density at radius 3 is 2.79 bits per heavy atom. The van der Waals surface area contributed by atoms with E-state index in [4.69, 9.17) is 5.11 Å². The molecule has 0 radical (unpaired) electrons. The Labute approximate surface area is 86.7 Å². The minimum Gasteiger partial charge on any atom is -0.479 e. The first-order valence-corrected chi connectivity index (χ1v) is 5.50. The van der Waals surface area contributed by atoms with Crippen LogP contribution in [-0.4, -0.2) is 28.7 Å². The second-order valence-corrected chi connectivity index (χ2v) is 4.28. The van der Waals surface area contributed by atoms with E-state index in [0.29, 0.717) is 0 Å². The van der Waals surface area contributed by atoms with Gasteiger partial charge in [-0.3, -0.25) is 0 Å². The van der Waals surface area contributed by atoms with Gasteiger partial charge in [-0.05, 0) is 12.1 Å². The summed E-state index contributed by atoms with van der Waals surface area (Å²) in [6, 6.07) is 9.68. The van der Waals surface area contributed by atoms with Gasteiger partial charge in [0.05, 0.1) is 0 Å². The first-order valence-electron chi connectivity index (χ1n) is 4.45. The normalized spacial score (nSPS) is 21.1. The molecule has 14 heavy (non-hydrogen) atoms. The van der Waals surface area contributed by atoms with Crippen LogP contribution in [0.4, 0.5) is 5.69 Å². The second kappa shape index (κ2) is 3.92. The Morgan fingerprint density at radius 1 is 1.43 bits per heavy atom. The van der Waals surface area contributed by atoms with E-state index in [0.717, 1.165) is 18.0 Å². The lowest BCUT2D eigenvalue weighted by Crippen LogP contribution is -2.34. The first kappa shape index (κ1) is 9.40. The van der Waals surface area contributed by atoms with Crippen molar-refractivity contribution >= 4 is 23.4 Å². The van der Waals surface area contributed by atoms with E-state index in [-0.39, 0.29) is 0 Å². The van der Waals surface area contributed by atoms with Crippen LogP contribution in [0.25, 0.3) is 0 Å². The highest BCUT2D eigenvalue weighted by atomic mass is 32.2. The van der Waals surface area contributed by atoms with Crippen molar-refractivity contribution in [1.82, 2.24) is 0 Å². The van der Waals surface area contributed by atoms with Crippen LogP contribution < -0.4 is 4.90 Å². The van der Waals surface area contributed by atoms with Gasteiger partial charge in [0.2, 0.25) is 0 Å². The monoisotopic (exact) mass is 209 g/mol. The van der Waals surface area contributed by atoms with Gasteiger partial charge in [0.15, 0.2) is 5.37 Å². The van der Waals surface area contributed by atoms with Crippen molar-refractivity contribution in [2.75, 3.05) is 17.2 Å².